The number of rotatable bonds is 4. The summed E-state index contributed by atoms with van der Waals surface area (Å²) in [5.74, 6) is 0.822. The molecule has 0 spiro atoms. The molecule has 0 radical (unpaired) electrons. The van der Waals surface area contributed by atoms with E-state index in [0.29, 0.717) is 6.04 Å². The van der Waals surface area contributed by atoms with Gasteiger partial charge in [-0.25, -0.2) is 0 Å². The van der Waals surface area contributed by atoms with Gasteiger partial charge in [-0.15, -0.1) is 0 Å². The third-order valence-corrected chi connectivity index (χ3v) is 4.31. The van der Waals surface area contributed by atoms with Crippen LogP contribution in [-0.2, 0) is 4.79 Å². The first-order valence-electron chi connectivity index (χ1n) is 7.12. The molecule has 0 atom stereocenters. The number of methoxy groups -OCH3 is 1. The predicted octanol–water partition coefficient (Wildman–Crippen LogP) is 2.68. The van der Waals surface area contributed by atoms with Crippen LogP contribution in [0.1, 0.15) is 18.4 Å². The summed E-state index contributed by atoms with van der Waals surface area (Å²) in [6.45, 7) is 1.62. The Kier molecular flexibility index (Phi) is 5.82. The number of benzene rings is 1. The average molecular weight is 353 g/mol. The lowest BCUT2D eigenvalue weighted by molar-refractivity contribution is -0.127. The number of carbonyl (C=O) groups is 1. The fraction of sp³-hybridized carbons (Fsp3) is 0.438. The molecule has 1 aromatic carbocycles. The molecular weight excluding hydrogens is 332 g/mol. The Bertz CT molecular complexity index is 523. The second-order valence-corrected chi connectivity index (χ2v) is 6.02. The molecule has 1 saturated heterocycles. The summed E-state index contributed by atoms with van der Waals surface area (Å²) < 4.78 is 6.26. The Balaban J connectivity index is 2.01. The zero-order valence-corrected chi connectivity index (χ0v) is 14.0. The van der Waals surface area contributed by atoms with E-state index in [9.17, 15) is 4.79 Å². The van der Waals surface area contributed by atoms with Crippen molar-refractivity contribution in [2.24, 2.45) is 0 Å². The monoisotopic (exact) mass is 352 g/mol. The van der Waals surface area contributed by atoms with Crippen molar-refractivity contribution >= 4 is 27.9 Å². The van der Waals surface area contributed by atoms with E-state index < -0.39 is 0 Å². The molecule has 4 nitrogen and oxygen atoms in total. The van der Waals surface area contributed by atoms with Crippen molar-refractivity contribution in [3.8, 4) is 5.75 Å². The van der Waals surface area contributed by atoms with Crippen molar-refractivity contribution in [3.63, 3.8) is 0 Å². The minimum atomic E-state index is 0.0616. The maximum Gasteiger partial charge on any atom is 0.246 e. The minimum Gasteiger partial charge on any atom is -0.496 e. The van der Waals surface area contributed by atoms with Gasteiger partial charge in [-0.1, -0.05) is 15.9 Å². The van der Waals surface area contributed by atoms with Crippen LogP contribution in [0.2, 0.25) is 0 Å². The third-order valence-electron chi connectivity index (χ3n) is 3.81. The number of carbonyl (C=O) groups excluding carboxylic acids is 1. The van der Waals surface area contributed by atoms with Crippen molar-refractivity contribution < 1.29 is 9.53 Å². The quantitative estimate of drug-likeness (QED) is 0.847. The maximum atomic E-state index is 12.2. The number of hydrogen-bond acceptors (Lipinski definition) is 3. The van der Waals surface area contributed by atoms with Gasteiger partial charge in [0.25, 0.3) is 0 Å². The SMILES string of the molecule is CNC1CCN(C(=O)C=Cc2cc(Br)ccc2OC)CC1. The van der Waals surface area contributed by atoms with Crippen LogP contribution in [-0.4, -0.2) is 44.1 Å². The average Bonchev–Trinajstić information content (AvgIpc) is 2.52. The van der Waals surface area contributed by atoms with Crippen LogP contribution in [0.4, 0.5) is 0 Å². The number of likely N-dealkylation sites (tertiary alicyclic amines) is 1. The van der Waals surface area contributed by atoms with Crippen LogP contribution < -0.4 is 10.1 Å². The molecule has 1 amide bonds. The maximum absolute atomic E-state index is 12.2. The van der Waals surface area contributed by atoms with Crippen molar-refractivity contribution in [2.75, 3.05) is 27.2 Å². The first-order chi connectivity index (χ1) is 10.1. The number of amides is 1. The number of halogens is 1. The van der Waals surface area contributed by atoms with E-state index in [2.05, 4.69) is 21.2 Å². The van der Waals surface area contributed by atoms with Gasteiger partial charge in [0.05, 0.1) is 7.11 Å². The predicted molar refractivity (Wildman–Crippen MR) is 88.4 cm³/mol. The van der Waals surface area contributed by atoms with Gasteiger partial charge in [0.2, 0.25) is 5.91 Å². The summed E-state index contributed by atoms with van der Waals surface area (Å²) in [7, 11) is 3.60. The molecule has 1 aliphatic heterocycles. The largest absolute Gasteiger partial charge is 0.496 e. The van der Waals surface area contributed by atoms with E-state index in [1.165, 1.54) is 0 Å². The van der Waals surface area contributed by atoms with Gasteiger partial charge < -0.3 is 15.0 Å². The van der Waals surface area contributed by atoms with Crippen LogP contribution in [0.5, 0.6) is 5.75 Å². The van der Waals surface area contributed by atoms with Crippen LogP contribution in [0.3, 0.4) is 0 Å². The molecule has 1 heterocycles. The second kappa shape index (κ2) is 7.61. The lowest BCUT2D eigenvalue weighted by atomic mass is 10.1. The number of nitrogens with one attached hydrogen (secondary N) is 1. The molecule has 1 aliphatic rings. The third kappa shape index (κ3) is 4.32. The first kappa shape index (κ1) is 16.0. The number of piperidine rings is 1. The summed E-state index contributed by atoms with van der Waals surface area (Å²) in [5, 5.41) is 3.26. The molecule has 21 heavy (non-hydrogen) atoms. The Labute approximate surface area is 134 Å². The van der Waals surface area contributed by atoms with E-state index >= 15 is 0 Å². The van der Waals surface area contributed by atoms with Crippen molar-refractivity contribution in [1.82, 2.24) is 10.2 Å². The normalized spacial score (nSPS) is 16.4. The van der Waals surface area contributed by atoms with E-state index in [1.54, 1.807) is 13.2 Å². The van der Waals surface area contributed by atoms with Crippen molar-refractivity contribution in [3.05, 3.63) is 34.3 Å². The van der Waals surface area contributed by atoms with Gasteiger partial charge in [0.15, 0.2) is 0 Å². The van der Waals surface area contributed by atoms with Crippen LogP contribution in [0.15, 0.2) is 28.7 Å². The molecule has 1 aromatic rings. The molecule has 1 fully saturated rings. The number of hydrogen-bond donors (Lipinski definition) is 1. The summed E-state index contributed by atoms with van der Waals surface area (Å²) in [6, 6.07) is 6.27. The van der Waals surface area contributed by atoms with Crippen LogP contribution in [0.25, 0.3) is 6.08 Å². The molecule has 114 valence electrons. The molecular formula is C16H21BrN2O2. The molecule has 0 bridgehead atoms. The Morgan fingerprint density at radius 2 is 2.14 bits per heavy atom. The van der Waals surface area contributed by atoms with Crippen LogP contribution in [0, 0.1) is 0 Å². The molecule has 0 aromatic heterocycles. The lowest BCUT2D eigenvalue weighted by Gasteiger charge is -2.31. The van der Waals surface area contributed by atoms with Gasteiger partial charge in [0.1, 0.15) is 5.75 Å². The van der Waals surface area contributed by atoms with Gasteiger partial charge in [-0.05, 0) is 44.2 Å². The fourth-order valence-electron chi connectivity index (χ4n) is 2.49. The van der Waals surface area contributed by atoms with Gasteiger partial charge >= 0.3 is 0 Å². The summed E-state index contributed by atoms with van der Waals surface area (Å²) in [6.07, 6.45) is 5.46. The highest BCUT2D eigenvalue weighted by Gasteiger charge is 2.20. The van der Waals surface area contributed by atoms with Gasteiger partial charge in [0, 0.05) is 35.2 Å². The zero-order valence-electron chi connectivity index (χ0n) is 12.4. The van der Waals surface area contributed by atoms with E-state index in [1.807, 2.05) is 36.2 Å². The van der Waals surface area contributed by atoms with Gasteiger partial charge in [-0.2, -0.15) is 0 Å². The second-order valence-electron chi connectivity index (χ2n) is 5.11. The summed E-state index contributed by atoms with van der Waals surface area (Å²) >= 11 is 3.43. The van der Waals surface area contributed by atoms with E-state index in [4.69, 9.17) is 4.74 Å². The molecule has 2 rings (SSSR count). The summed E-state index contributed by atoms with van der Waals surface area (Å²) in [5.41, 5.74) is 0.894. The highest BCUT2D eigenvalue weighted by Crippen LogP contribution is 2.24. The Morgan fingerprint density at radius 3 is 2.76 bits per heavy atom. The number of ether oxygens (including phenoxy) is 1. The zero-order chi connectivity index (χ0) is 15.2. The highest BCUT2D eigenvalue weighted by atomic mass is 79.9. The number of nitrogens with zero attached hydrogens (tertiary/aromatic N) is 1. The fourth-order valence-corrected chi connectivity index (χ4v) is 2.87. The summed E-state index contributed by atoms with van der Waals surface area (Å²) in [4.78, 5) is 14.1. The standard InChI is InChI=1S/C16H21BrN2O2/c1-18-14-7-9-19(10-8-14)16(20)6-3-12-11-13(17)4-5-15(12)21-2/h3-6,11,14,18H,7-10H2,1-2H3. The van der Waals surface area contributed by atoms with Crippen LogP contribution >= 0.6 is 15.9 Å². The van der Waals surface area contributed by atoms with E-state index in [0.717, 1.165) is 41.7 Å². The van der Waals surface area contributed by atoms with E-state index in [-0.39, 0.29) is 5.91 Å². The lowest BCUT2D eigenvalue weighted by Crippen LogP contribution is -2.43. The van der Waals surface area contributed by atoms with Crippen molar-refractivity contribution in [2.45, 2.75) is 18.9 Å². The molecule has 5 heteroatoms. The molecule has 0 aliphatic carbocycles. The molecule has 1 N–H and O–H groups in total. The first-order valence-corrected chi connectivity index (χ1v) is 7.91. The molecule has 0 unspecified atom stereocenters. The topological polar surface area (TPSA) is 41.6 Å². The van der Waals surface area contributed by atoms with Gasteiger partial charge in [-0.3, -0.25) is 4.79 Å². The Morgan fingerprint density at radius 1 is 1.43 bits per heavy atom. The van der Waals surface area contributed by atoms with Crippen molar-refractivity contribution in [1.29, 1.82) is 0 Å². The minimum absolute atomic E-state index is 0.0616. The highest BCUT2D eigenvalue weighted by molar-refractivity contribution is 9.10. The Hall–Kier alpha value is -1.33. The molecule has 0 saturated carbocycles. The smallest absolute Gasteiger partial charge is 0.246 e.